The molecular formula is C10H11ClN2O2. The molecule has 1 amide bonds. The van der Waals surface area contributed by atoms with Crippen LogP contribution in [0.3, 0.4) is 0 Å². The third-order valence-electron chi connectivity index (χ3n) is 2.28. The molecule has 0 unspecified atom stereocenters. The van der Waals surface area contributed by atoms with Gasteiger partial charge in [0.1, 0.15) is 6.61 Å². The minimum Gasteiger partial charge on any atom is -0.398 e. The predicted molar refractivity (Wildman–Crippen MR) is 59.0 cm³/mol. The predicted octanol–water partition coefficient (Wildman–Crippen LogP) is 1.29. The second-order valence-electron chi connectivity index (χ2n) is 3.30. The number of hydrogen-bond acceptors (Lipinski definition) is 3. The van der Waals surface area contributed by atoms with Crippen LogP contribution in [0.5, 0.6) is 0 Å². The first-order valence-electron chi connectivity index (χ1n) is 4.61. The molecule has 5 heteroatoms. The normalized spacial score (nSPS) is 16.9. The minimum absolute atomic E-state index is 0.0536. The Morgan fingerprint density at radius 2 is 2.27 bits per heavy atom. The topological polar surface area (TPSA) is 55.6 Å². The van der Waals surface area contributed by atoms with E-state index in [-0.39, 0.29) is 12.5 Å². The monoisotopic (exact) mass is 226 g/mol. The molecule has 4 nitrogen and oxygen atoms in total. The maximum absolute atomic E-state index is 11.5. The van der Waals surface area contributed by atoms with E-state index >= 15 is 0 Å². The lowest BCUT2D eigenvalue weighted by Gasteiger charge is -2.27. The molecule has 1 aromatic carbocycles. The van der Waals surface area contributed by atoms with Gasteiger partial charge in [-0.25, -0.2) is 0 Å². The number of ether oxygens (including phenoxy) is 1. The van der Waals surface area contributed by atoms with Gasteiger partial charge in [0.15, 0.2) is 0 Å². The highest BCUT2D eigenvalue weighted by Gasteiger charge is 2.20. The summed E-state index contributed by atoms with van der Waals surface area (Å²) in [6, 6.07) is 5.17. The molecule has 1 aliphatic heterocycles. The van der Waals surface area contributed by atoms with Crippen LogP contribution in [0.25, 0.3) is 0 Å². The quantitative estimate of drug-likeness (QED) is 0.734. The lowest BCUT2D eigenvalue weighted by atomic mass is 10.2. The van der Waals surface area contributed by atoms with Crippen LogP contribution in [0.1, 0.15) is 0 Å². The Kier molecular flexibility index (Phi) is 2.79. The van der Waals surface area contributed by atoms with Crippen molar-refractivity contribution in [1.29, 1.82) is 0 Å². The maximum Gasteiger partial charge on any atom is 0.253 e. The summed E-state index contributed by atoms with van der Waals surface area (Å²) in [5.74, 6) is -0.0536. The Labute approximate surface area is 92.6 Å². The number of carbonyl (C=O) groups excluding carboxylic acids is 1. The first kappa shape index (κ1) is 10.3. The summed E-state index contributed by atoms with van der Waals surface area (Å²) in [5.41, 5.74) is 6.87. The van der Waals surface area contributed by atoms with Gasteiger partial charge >= 0.3 is 0 Å². The second kappa shape index (κ2) is 4.08. The molecule has 15 heavy (non-hydrogen) atoms. The van der Waals surface area contributed by atoms with Crippen LogP contribution in [-0.4, -0.2) is 25.7 Å². The van der Waals surface area contributed by atoms with Crippen molar-refractivity contribution in [3.05, 3.63) is 23.2 Å². The van der Waals surface area contributed by atoms with Gasteiger partial charge in [0.2, 0.25) is 0 Å². The van der Waals surface area contributed by atoms with Crippen molar-refractivity contribution in [3.63, 3.8) is 0 Å². The maximum atomic E-state index is 11.5. The van der Waals surface area contributed by atoms with Gasteiger partial charge in [-0.05, 0) is 18.2 Å². The van der Waals surface area contributed by atoms with Gasteiger partial charge in [-0.3, -0.25) is 4.79 Å². The summed E-state index contributed by atoms with van der Waals surface area (Å²) >= 11 is 5.89. The average Bonchev–Trinajstić information content (AvgIpc) is 2.23. The number of hydrogen-bond donors (Lipinski definition) is 1. The van der Waals surface area contributed by atoms with Crippen molar-refractivity contribution >= 4 is 28.9 Å². The van der Waals surface area contributed by atoms with Gasteiger partial charge in [-0.1, -0.05) is 11.6 Å². The number of amides is 1. The van der Waals surface area contributed by atoms with E-state index in [0.29, 0.717) is 23.9 Å². The molecule has 1 fully saturated rings. The number of anilines is 2. The third-order valence-corrected chi connectivity index (χ3v) is 2.61. The summed E-state index contributed by atoms with van der Waals surface area (Å²) in [5, 5.41) is 0.465. The van der Waals surface area contributed by atoms with Gasteiger partial charge in [0, 0.05) is 12.2 Å². The largest absolute Gasteiger partial charge is 0.398 e. The first-order valence-corrected chi connectivity index (χ1v) is 4.99. The molecule has 1 heterocycles. The molecule has 0 aromatic heterocycles. The van der Waals surface area contributed by atoms with Crippen LogP contribution in [0.2, 0.25) is 5.02 Å². The standard InChI is InChI=1S/C10H11ClN2O2/c11-8-5-7(1-2-9(8)12)13-3-4-15-6-10(13)14/h1-2,5H,3-4,6,12H2. The molecule has 2 N–H and O–H groups in total. The number of morpholine rings is 1. The van der Waals surface area contributed by atoms with Gasteiger partial charge in [-0.15, -0.1) is 0 Å². The zero-order valence-electron chi connectivity index (χ0n) is 8.07. The Morgan fingerprint density at radius 1 is 1.47 bits per heavy atom. The van der Waals surface area contributed by atoms with Crippen molar-refractivity contribution in [2.45, 2.75) is 0 Å². The summed E-state index contributed by atoms with van der Waals surface area (Å²) in [4.78, 5) is 13.2. The van der Waals surface area contributed by atoms with Gasteiger partial charge in [0.05, 0.1) is 17.3 Å². The van der Waals surface area contributed by atoms with E-state index in [0.717, 1.165) is 5.69 Å². The zero-order chi connectivity index (χ0) is 10.8. The number of nitrogen functional groups attached to an aromatic ring is 1. The molecule has 0 aliphatic carbocycles. The molecule has 0 atom stereocenters. The van der Waals surface area contributed by atoms with E-state index in [1.165, 1.54) is 0 Å². The average molecular weight is 227 g/mol. The van der Waals surface area contributed by atoms with E-state index in [4.69, 9.17) is 22.1 Å². The molecule has 0 spiro atoms. The molecule has 1 saturated heterocycles. The van der Waals surface area contributed by atoms with Gasteiger partial charge in [0.25, 0.3) is 5.91 Å². The fourth-order valence-corrected chi connectivity index (χ4v) is 1.65. The van der Waals surface area contributed by atoms with Crippen LogP contribution >= 0.6 is 11.6 Å². The number of rotatable bonds is 1. The van der Waals surface area contributed by atoms with Crippen molar-refractivity contribution in [2.75, 3.05) is 30.4 Å². The Balaban J connectivity index is 2.28. The smallest absolute Gasteiger partial charge is 0.253 e. The summed E-state index contributed by atoms with van der Waals surface area (Å²) in [7, 11) is 0. The second-order valence-corrected chi connectivity index (χ2v) is 3.71. The number of nitrogens with zero attached hydrogens (tertiary/aromatic N) is 1. The van der Waals surface area contributed by atoms with Crippen LogP contribution in [-0.2, 0) is 9.53 Å². The highest BCUT2D eigenvalue weighted by molar-refractivity contribution is 6.33. The van der Waals surface area contributed by atoms with E-state index in [1.807, 2.05) is 0 Å². The number of nitrogens with two attached hydrogens (primary N) is 1. The number of halogens is 1. The fraction of sp³-hybridized carbons (Fsp3) is 0.300. The van der Waals surface area contributed by atoms with Gasteiger partial charge in [-0.2, -0.15) is 0 Å². The van der Waals surface area contributed by atoms with E-state index in [1.54, 1.807) is 23.1 Å². The van der Waals surface area contributed by atoms with Crippen LogP contribution in [0.4, 0.5) is 11.4 Å². The molecule has 0 bridgehead atoms. The Hall–Kier alpha value is -1.26. The summed E-state index contributed by atoms with van der Waals surface area (Å²) in [6.07, 6.45) is 0. The molecule has 1 aliphatic rings. The van der Waals surface area contributed by atoms with Crippen LogP contribution in [0.15, 0.2) is 18.2 Å². The third kappa shape index (κ3) is 2.06. The van der Waals surface area contributed by atoms with E-state index < -0.39 is 0 Å². The van der Waals surface area contributed by atoms with Crippen LogP contribution in [0, 0.1) is 0 Å². The molecule has 2 rings (SSSR count). The summed E-state index contributed by atoms with van der Waals surface area (Å²) < 4.78 is 5.04. The lowest BCUT2D eigenvalue weighted by Crippen LogP contribution is -2.41. The first-order chi connectivity index (χ1) is 7.18. The van der Waals surface area contributed by atoms with Crippen molar-refractivity contribution < 1.29 is 9.53 Å². The Bertz CT molecular complexity index is 395. The van der Waals surface area contributed by atoms with E-state index in [9.17, 15) is 4.79 Å². The molecule has 80 valence electrons. The molecule has 0 radical (unpaired) electrons. The fourth-order valence-electron chi connectivity index (χ4n) is 1.47. The molecular weight excluding hydrogens is 216 g/mol. The van der Waals surface area contributed by atoms with Crippen molar-refractivity contribution in [3.8, 4) is 0 Å². The SMILES string of the molecule is Nc1ccc(N2CCOCC2=O)cc1Cl. The van der Waals surface area contributed by atoms with Crippen molar-refractivity contribution in [2.24, 2.45) is 0 Å². The Morgan fingerprint density at radius 3 is 2.93 bits per heavy atom. The zero-order valence-corrected chi connectivity index (χ0v) is 8.83. The lowest BCUT2D eigenvalue weighted by molar-refractivity contribution is -0.125. The molecule has 1 aromatic rings. The number of carbonyl (C=O) groups is 1. The minimum atomic E-state index is -0.0536. The van der Waals surface area contributed by atoms with Gasteiger partial charge < -0.3 is 15.4 Å². The van der Waals surface area contributed by atoms with Crippen molar-refractivity contribution in [1.82, 2.24) is 0 Å². The number of benzene rings is 1. The highest BCUT2D eigenvalue weighted by Crippen LogP contribution is 2.25. The summed E-state index contributed by atoms with van der Waals surface area (Å²) in [6.45, 7) is 1.23. The highest BCUT2D eigenvalue weighted by atomic mass is 35.5. The van der Waals surface area contributed by atoms with E-state index in [2.05, 4.69) is 0 Å². The molecule has 0 saturated carbocycles. The van der Waals surface area contributed by atoms with Crippen LogP contribution < -0.4 is 10.6 Å².